The van der Waals surface area contributed by atoms with Crippen LogP contribution >= 0.6 is 0 Å². The molecule has 1 atom stereocenters. The molecule has 0 fully saturated rings. The van der Waals surface area contributed by atoms with Gasteiger partial charge in [0.15, 0.2) is 5.82 Å². The summed E-state index contributed by atoms with van der Waals surface area (Å²) in [6.07, 6.45) is 2.07. The number of para-hydroxylation sites is 1. The average Bonchev–Trinajstić information content (AvgIpc) is 2.85. The second-order valence-corrected chi connectivity index (χ2v) is 5.02. The molecule has 6 nitrogen and oxygen atoms in total. The summed E-state index contributed by atoms with van der Waals surface area (Å²) >= 11 is 0. The summed E-state index contributed by atoms with van der Waals surface area (Å²) in [5.41, 5.74) is 1.62. The van der Waals surface area contributed by atoms with Gasteiger partial charge in [-0.15, -0.1) is 10.2 Å². The van der Waals surface area contributed by atoms with Crippen molar-refractivity contribution in [3.05, 3.63) is 30.6 Å². The van der Waals surface area contributed by atoms with E-state index in [1.807, 2.05) is 49.7 Å². The summed E-state index contributed by atoms with van der Waals surface area (Å²) in [6, 6.07) is 7.76. The van der Waals surface area contributed by atoms with Crippen LogP contribution in [0, 0.1) is 0 Å². The fraction of sp³-hybridized carbons (Fsp3) is 0.400. The van der Waals surface area contributed by atoms with E-state index in [2.05, 4.69) is 20.8 Å². The first kappa shape index (κ1) is 15.2. The van der Waals surface area contributed by atoms with Gasteiger partial charge in [-0.25, -0.2) is 0 Å². The lowest BCUT2D eigenvalue weighted by molar-refractivity contribution is -0.116. The van der Waals surface area contributed by atoms with E-state index in [0.29, 0.717) is 6.42 Å². The van der Waals surface area contributed by atoms with Gasteiger partial charge in [-0.3, -0.25) is 4.79 Å². The highest BCUT2D eigenvalue weighted by Crippen LogP contribution is 2.25. The Balaban J connectivity index is 2.14. The van der Waals surface area contributed by atoms with Crippen molar-refractivity contribution < 1.29 is 4.79 Å². The fourth-order valence-corrected chi connectivity index (χ4v) is 2.21. The van der Waals surface area contributed by atoms with Crippen LogP contribution in [0.3, 0.4) is 0 Å². The van der Waals surface area contributed by atoms with Gasteiger partial charge < -0.3 is 15.2 Å². The van der Waals surface area contributed by atoms with Crippen molar-refractivity contribution in [1.29, 1.82) is 0 Å². The van der Waals surface area contributed by atoms with E-state index < -0.39 is 0 Å². The first-order chi connectivity index (χ1) is 10.1. The minimum Gasteiger partial charge on any atom is -0.325 e. The summed E-state index contributed by atoms with van der Waals surface area (Å²) in [7, 11) is 1.88. The van der Waals surface area contributed by atoms with Crippen LogP contribution in [0.25, 0.3) is 11.4 Å². The number of nitrogens with zero attached hydrogens (tertiary/aromatic N) is 3. The summed E-state index contributed by atoms with van der Waals surface area (Å²) in [5.74, 6) is 0.712. The van der Waals surface area contributed by atoms with Crippen molar-refractivity contribution in [2.45, 2.75) is 26.3 Å². The first-order valence-electron chi connectivity index (χ1n) is 7.08. The smallest absolute Gasteiger partial charge is 0.225 e. The third-order valence-corrected chi connectivity index (χ3v) is 3.20. The standard InChI is InChI=1S/C15H21N5O/c1-4-16-11(2)9-14(21)18-13-8-6-5-7-12(13)15-19-17-10-20(15)3/h5-8,10-11,16H,4,9H2,1-3H3,(H,18,21). The molecular formula is C15H21N5O. The number of aryl methyl sites for hydroxylation is 1. The number of carbonyl (C=O) groups is 1. The van der Waals surface area contributed by atoms with E-state index in [-0.39, 0.29) is 11.9 Å². The topological polar surface area (TPSA) is 71.8 Å². The maximum Gasteiger partial charge on any atom is 0.225 e. The molecule has 1 aromatic carbocycles. The molecular weight excluding hydrogens is 266 g/mol. The van der Waals surface area contributed by atoms with Gasteiger partial charge in [-0.2, -0.15) is 0 Å². The number of carbonyl (C=O) groups excluding carboxylic acids is 1. The Bertz CT molecular complexity index is 608. The molecule has 0 spiro atoms. The lowest BCUT2D eigenvalue weighted by Crippen LogP contribution is -2.30. The van der Waals surface area contributed by atoms with E-state index in [1.165, 1.54) is 0 Å². The molecule has 1 amide bonds. The Labute approximate surface area is 124 Å². The Kier molecular flexibility index (Phi) is 5.05. The zero-order valence-electron chi connectivity index (χ0n) is 12.6. The number of hydrogen-bond acceptors (Lipinski definition) is 4. The SMILES string of the molecule is CCNC(C)CC(=O)Nc1ccccc1-c1nncn1C. The van der Waals surface area contributed by atoms with Crippen molar-refractivity contribution in [2.24, 2.45) is 7.05 Å². The summed E-state index contributed by atoms with van der Waals surface area (Å²) in [6.45, 7) is 4.87. The van der Waals surface area contributed by atoms with Crippen LogP contribution in [0.2, 0.25) is 0 Å². The predicted octanol–water partition coefficient (Wildman–Crippen LogP) is 1.81. The highest BCUT2D eigenvalue weighted by atomic mass is 16.1. The zero-order chi connectivity index (χ0) is 15.2. The molecule has 2 aromatic rings. The van der Waals surface area contributed by atoms with Crippen molar-refractivity contribution in [3.63, 3.8) is 0 Å². The Morgan fingerprint density at radius 3 is 2.81 bits per heavy atom. The third kappa shape index (κ3) is 3.88. The van der Waals surface area contributed by atoms with E-state index in [1.54, 1.807) is 6.33 Å². The highest BCUT2D eigenvalue weighted by molar-refractivity contribution is 5.95. The number of rotatable bonds is 6. The van der Waals surface area contributed by atoms with Gasteiger partial charge >= 0.3 is 0 Å². The maximum atomic E-state index is 12.1. The van der Waals surface area contributed by atoms with Gasteiger partial charge in [0.25, 0.3) is 0 Å². The van der Waals surface area contributed by atoms with Crippen LogP contribution in [0.15, 0.2) is 30.6 Å². The number of anilines is 1. The Hall–Kier alpha value is -2.21. The van der Waals surface area contributed by atoms with Crippen LogP contribution in [0.4, 0.5) is 5.69 Å². The van der Waals surface area contributed by atoms with E-state index >= 15 is 0 Å². The van der Waals surface area contributed by atoms with Gasteiger partial charge in [0.2, 0.25) is 5.91 Å². The molecule has 0 aliphatic carbocycles. The minimum atomic E-state index is -0.0157. The van der Waals surface area contributed by atoms with Crippen LogP contribution in [-0.4, -0.2) is 33.3 Å². The van der Waals surface area contributed by atoms with Crippen LogP contribution < -0.4 is 10.6 Å². The summed E-state index contributed by atoms with van der Waals surface area (Å²) in [4.78, 5) is 12.1. The van der Waals surface area contributed by atoms with E-state index in [0.717, 1.165) is 23.6 Å². The molecule has 0 aliphatic heterocycles. The number of amides is 1. The molecule has 1 aromatic heterocycles. The molecule has 1 heterocycles. The van der Waals surface area contributed by atoms with Crippen molar-refractivity contribution >= 4 is 11.6 Å². The molecule has 6 heteroatoms. The first-order valence-corrected chi connectivity index (χ1v) is 7.08. The number of hydrogen-bond donors (Lipinski definition) is 2. The Morgan fingerprint density at radius 2 is 2.14 bits per heavy atom. The van der Waals surface area contributed by atoms with E-state index in [9.17, 15) is 4.79 Å². The molecule has 0 aliphatic rings. The fourth-order valence-electron chi connectivity index (χ4n) is 2.21. The second-order valence-electron chi connectivity index (χ2n) is 5.02. The van der Waals surface area contributed by atoms with Crippen molar-refractivity contribution in [2.75, 3.05) is 11.9 Å². The quantitative estimate of drug-likeness (QED) is 0.850. The average molecular weight is 287 g/mol. The largest absolute Gasteiger partial charge is 0.325 e. The molecule has 0 radical (unpaired) electrons. The number of aromatic nitrogens is 3. The summed E-state index contributed by atoms with van der Waals surface area (Å²) in [5, 5.41) is 14.2. The van der Waals surface area contributed by atoms with Gasteiger partial charge in [0, 0.05) is 25.1 Å². The van der Waals surface area contributed by atoms with Crippen molar-refractivity contribution in [1.82, 2.24) is 20.1 Å². The van der Waals surface area contributed by atoms with Crippen LogP contribution in [0.1, 0.15) is 20.3 Å². The van der Waals surface area contributed by atoms with Gasteiger partial charge in [-0.1, -0.05) is 19.1 Å². The molecule has 1 unspecified atom stereocenters. The van der Waals surface area contributed by atoms with Gasteiger partial charge in [0.1, 0.15) is 6.33 Å². The molecule has 2 rings (SSSR count). The lowest BCUT2D eigenvalue weighted by atomic mass is 10.1. The maximum absolute atomic E-state index is 12.1. The molecule has 0 saturated heterocycles. The lowest BCUT2D eigenvalue weighted by Gasteiger charge is -2.14. The van der Waals surface area contributed by atoms with Crippen LogP contribution in [-0.2, 0) is 11.8 Å². The van der Waals surface area contributed by atoms with Gasteiger partial charge in [-0.05, 0) is 25.6 Å². The molecule has 2 N–H and O–H groups in total. The summed E-state index contributed by atoms with van der Waals surface area (Å²) < 4.78 is 1.83. The number of nitrogens with one attached hydrogen (secondary N) is 2. The molecule has 112 valence electrons. The number of benzene rings is 1. The molecule has 0 saturated carbocycles. The predicted molar refractivity (Wildman–Crippen MR) is 82.8 cm³/mol. The minimum absolute atomic E-state index is 0.0157. The zero-order valence-corrected chi connectivity index (χ0v) is 12.6. The highest BCUT2D eigenvalue weighted by Gasteiger charge is 2.13. The van der Waals surface area contributed by atoms with Crippen LogP contribution in [0.5, 0.6) is 0 Å². The molecule has 0 bridgehead atoms. The van der Waals surface area contributed by atoms with Gasteiger partial charge in [0.05, 0.1) is 5.69 Å². The normalized spacial score (nSPS) is 12.1. The monoisotopic (exact) mass is 287 g/mol. The third-order valence-electron chi connectivity index (χ3n) is 3.20. The molecule has 21 heavy (non-hydrogen) atoms. The Morgan fingerprint density at radius 1 is 1.38 bits per heavy atom. The van der Waals surface area contributed by atoms with E-state index in [4.69, 9.17) is 0 Å². The second kappa shape index (κ2) is 6.99. The van der Waals surface area contributed by atoms with Crippen molar-refractivity contribution in [3.8, 4) is 11.4 Å².